The van der Waals surface area contributed by atoms with E-state index in [1.165, 1.54) is 77.4 Å². The van der Waals surface area contributed by atoms with Crippen LogP contribution in [0.2, 0.25) is 0 Å². The van der Waals surface area contributed by atoms with Crippen LogP contribution in [0.4, 0.5) is 0 Å². The van der Waals surface area contributed by atoms with Crippen molar-refractivity contribution in [2.45, 2.75) is 64.7 Å². The summed E-state index contributed by atoms with van der Waals surface area (Å²) in [5, 5.41) is 0. The zero-order valence-electron chi connectivity index (χ0n) is 11.8. The summed E-state index contributed by atoms with van der Waals surface area (Å²) in [7, 11) is 0. The molecule has 102 valence electrons. The third-order valence-electron chi connectivity index (χ3n) is 4.02. The molecule has 0 bridgehead atoms. The average molecular weight is 240 g/mol. The molecule has 1 aliphatic rings. The van der Waals surface area contributed by atoms with E-state index in [0.717, 1.165) is 12.5 Å². The fourth-order valence-electron chi connectivity index (χ4n) is 2.88. The second-order valence-electron chi connectivity index (χ2n) is 5.65. The molecule has 0 saturated carbocycles. The third-order valence-corrected chi connectivity index (χ3v) is 4.02. The molecule has 1 aliphatic heterocycles. The van der Waals surface area contributed by atoms with Crippen molar-refractivity contribution >= 4 is 0 Å². The van der Waals surface area contributed by atoms with E-state index >= 15 is 0 Å². The Balaban J connectivity index is 1.87. The lowest BCUT2D eigenvalue weighted by Crippen LogP contribution is -2.22. The van der Waals surface area contributed by atoms with E-state index in [9.17, 15) is 0 Å². The van der Waals surface area contributed by atoms with Crippen LogP contribution in [0, 0.1) is 5.92 Å². The molecular weight excluding hydrogens is 208 g/mol. The molecule has 2 heteroatoms. The smallest absolute Gasteiger partial charge is 0.00106 e. The van der Waals surface area contributed by atoms with Crippen LogP contribution in [-0.4, -0.2) is 31.1 Å². The largest absolute Gasteiger partial charge is 0.330 e. The van der Waals surface area contributed by atoms with Crippen LogP contribution in [0.5, 0.6) is 0 Å². The lowest BCUT2D eigenvalue weighted by atomic mass is 10.1. The van der Waals surface area contributed by atoms with E-state index in [0.29, 0.717) is 0 Å². The molecule has 0 aromatic rings. The number of hydrogen-bond donors (Lipinski definition) is 1. The Bertz CT molecular complexity index is 170. The van der Waals surface area contributed by atoms with Crippen molar-refractivity contribution < 1.29 is 0 Å². The highest BCUT2D eigenvalue weighted by atomic mass is 15.1. The lowest BCUT2D eigenvalue weighted by molar-refractivity contribution is 0.312. The van der Waals surface area contributed by atoms with Crippen LogP contribution < -0.4 is 5.73 Å². The summed E-state index contributed by atoms with van der Waals surface area (Å²) in [6.07, 6.45) is 12.6. The van der Waals surface area contributed by atoms with Crippen molar-refractivity contribution in [3.63, 3.8) is 0 Å². The minimum atomic E-state index is 0.871. The van der Waals surface area contributed by atoms with Crippen molar-refractivity contribution in [3.8, 4) is 0 Å². The van der Waals surface area contributed by atoms with Gasteiger partial charge in [0.2, 0.25) is 0 Å². The second-order valence-corrected chi connectivity index (χ2v) is 5.65. The van der Waals surface area contributed by atoms with Crippen molar-refractivity contribution in [2.24, 2.45) is 11.7 Å². The molecule has 1 fully saturated rings. The van der Waals surface area contributed by atoms with E-state index in [1.807, 2.05) is 0 Å². The van der Waals surface area contributed by atoms with Gasteiger partial charge in [0.15, 0.2) is 0 Å². The fraction of sp³-hybridized carbons (Fsp3) is 1.00. The van der Waals surface area contributed by atoms with E-state index < -0.39 is 0 Å². The second kappa shape index (κ2) is 9.90. The van der Waals surface area contributed by atoms with Crippen LogP contribution in [0.25, 0.3) is 0 Å². The van der Waals surface area contributed by atoms with Gasteiger partial charge in [-0.1, -0.05) is 45.4 Å². The van der Waals surface area contributed by atoms with Gasteiger partial charge in [0.1, 0.15) is 0 Å². The van der Waals surface area contributed by atoms with Crippen LogP contribution in [0.3, 0.4) is 0 Å². The maximum absolute atomic E-state index is 5.61. The molecule has 0 aromatic carbocycles. The van der Waals surface area contributed by atoms with Crippen LogP contribution in [0.1, 0.15) is 64.7 Å². The van der Waals surface area contributed by atoms with Gasteiger partial charge >= 0.3 is 0 Å². The Hall–Kier alpha value is -0.0800. The molecular formula is C15H32N2. The summed E-state index contributed by atoms with van der Waals surface area (Å²) in [5.74, 6) is 0.893. The Morgan fingerprint density at radius 2 is 1.76 bits per heavy atom. The molecule has 1 rings (SSSR count). The summed E-state index contributed by atoms with van der Waals surface area (Å²) in [5.41, 5.74) is 5.61. The zero-order valence-corrected chi connectivity index (χ0v) is 11.8. The monoisotopic (exact) mass is 240 g/mol. The molecule has 0 aliphatic carbocycles. The highest BCUT2D eigenvalue weighted by Crippen LogP contribution is 2.19. The Labute approximate surface area is 108 Å². The quantitative estimate of drug-likeness (QED) is 0.593. The number of unbranched alkanes of at least 4 members (excludes halogenated alkanes) is 6. The SMILES string of the molecule is CCCCCCCCCN1CCC(CCN)C1. The molecule has 0 spiro atoms. The minimum Gasteiger partial charge on any atom is -0.330 e. The van der Waals surface area contributed by atoms with Gasteiger partial charge in [-0.25, -0.2) is 0 Å². The summed E-state index contributed by atoms with van der Waals surface area (Å²) >= 11 is 0. The van der Waals surface area contributed by atoms with E-state index in [1.54, 1.807) is 0 Å². The molecule has 2 N–H and O–H groups in total. The molecule has 17 heavy (non-hydrogen) atoms. The van der Waals surface area contributed by atoms with Crippen molar-refractivity contribution in [2.75, 3.05) is 26.2 Å². The van der Waals surface area contributed by atoms with Crippen LogP contribution in [0.15, 0.2) is 0 Å². The highest BCUT2D eigenvalue weighted by molar-refractivity contribution is 4.75. The first-order valence-corrected chi connectivity index (χ1v) is 7.79. The normalized spacial score (nSPS) is 21.2. The average Bonchev–Trinajstić information content (AvgIpc) is 2.76. The van der Waals surface area contributed by atoms with Crippen molar-refractivity contribution in [3.05, 3.63) is 0 Å². The predicted octanol–water partition coefficient (Wildman–Crippen LogP) is 3.41. The lowest BCUT2D eigenvalue weighted by Gasteiger charge is -2.15. The summed E-state index contributed by atoms with van der Waals surface area (Å²) < 4.78 is 0. The topological polar surface area (TPSA) is 29.3 Å². The van der Waals surface area contributed by atoms with E-state index in [2.05, 4.69) is 11.8 Å². The van der Waals surface area contributed by atoms with Gasteiger partial charge in [-0.05, 0) is 44.8 Å². The maximum Gasteiger partial charge on any atom is 0.00106 e. The first kappa shape index (κ1) is 15.0. The summed E-state index contributed by atoms with van der Waals surface area (Å²) in [6, 6.07) is 0. The number of rotatable bonds is 10. The van der Waals surface area contributed by atoms with Crippen LogP contribution in [-0.2, 0) is 0 Å². The molecule has 0 amide bonds. The highest BCUT2D eigenvalue weighted by Gasteiger charge is 2.20. The minimum absolute atomic E-state index is 0.871. The van der Waals surface area contributed by atoms with Gasteiger partial charge in [-0.3, -0.25) is 0 Å². The van der Waals surface area contributed by atoms with Crippen molar-refractivity contribution in [1.82, 2.24) is 4.90 Å². The van der Waals surface area contributed by atoms with Gasteiger partial charge in [-0.15, -0.1) is 0 Å². The van der Waals surface area contributed by atoms with Crippen LogP contribution >= 0.6 is 0 Å². The van der Waals surface area contributed by atoms with Gasteiger partial charge in [-0.2, -0.15) is 0 Å². The fourth-order valence-corrected chi connectivity index (χ4v) is 2.88. The maximum atomic E-state index is 5.61. The van der Waals surface area contributed by atoms with Crippen molar-refractivity contribution in [1.29, 1.82) is 0 Å². The van der Waals surface area contributed by atoms with Gasteiger partial charge in [0.05, 0.1) is 0 Å². The van der Waals surface area contributed by atoms with E-state index in [-0.39, 0.29) is 0 Å². The third kappa shape index (κ3) is 7.05. The Kier molecular flexibility index (Phi) is 8.72. The number of nitrogens with zero attached hydrogens (tertiary/aromatic N) is 1. The van der Waals surface area contributed by atoms with Gasteiger partial charge in [0.25, 0.3) is 0 Å². The van der Waals surface area contributed by atoms with E-state index in [4.69, 9.17) is 5.73 Å². The van der Waals surface area contributed by atoms with Gasteiger partial charge in [0, 0.05) is 6.54 Å². The molecule has 1 heterocycles. The predicted molar refractivity (Wildman–Crippen MR) is 76.2 cm³/mol. The zero-order chi connectivity index (χ0) is 12.3. The molecule has 0 radical (unpaired) electrons. The number of likely N-dealkylation sites (tertiary alicyclic amines) is 1. The molecule has 0 aromatic heterocycles. The molecule has 1 atom stereocenters. The number of hydrogen-bond acceptors (Lipinski definition) is 2. The molecule has 2 nitrogen and oxygen atoms in total. The first-order valence-electron chi connectivity index (χ1n) is 7.79. The molecule has 1 unspecified atom stereocenters. The summed E-state index contributed by atoms with van der Waals surface area (Å²) in [6.45, 7) is 7.11. The van der Waals surface area contributed by atoms with Gasteiger partial charge < -0.3 is 10.6 Å². The number of nitrogens with two attached hydrogens (primary N) is 1. The first-order chi connectivity index (χ1) is 8.36. The Morgan fingerprint density at radius 1 is 1.06 bits per heavy atom. The standard InChI is InChI=1S/C15H32N2/c1-2-3-4-5-6-7-8-12-17-13-10-15(14-17)9-11-16/h15H,2-14,16H2,1H3. The Morgan fingerprint density at radius 3 is 2.47 bits per heavy atom. The summed E-state index contributed by atoms with van der Waals surface area (Å²) in [4.78, 5) is 2.65. The molecule has 1 saturated heterocycles.